The summed E-state index contributed by atoms with van der Waals surface area (Å²) >= 11 is 0. The van der Waals surface area contributed by atoms with Gasteiger partial charge in [0.1, 0.15) is 23.9 Å². The highest BCUT2D eigenvalue weighted by atomic mass is 16.7. The molecule has 8 heteroatoms. The Kier molecular flexibility index (Phi) is 6.66. The number of benzene rings is 1. The lowest BCUT2D eigenvalue weighted by Crippen LogP contribution is -2.35. The summed E-state index contributed by atoms with van der Waals surface area (Å²) in [4.78, 5) is 29.7. The zero-order valence-corrected chi connectivity index (χ0v) is 17.7. The predicted molar refractivity (Wildman–Crippen MR) is 108 cm³/mol. The van der Waals surface area contributed by atoms with Crippen LogP contribution in [-0.2, 0) is 25.7 Å². The minimum atomic E-state index is -0.555. The van der Waals surface area contributed by atoms with E-state index in [4.69, 9.17) is 14.3 Å². The van der Waals surface area contributed by atoms with E-state index in [1.165, 1.54) is 0 Å². The Morgan fingerprint density at radius 3 is 2.83 bits per heavy atom. The van der Waals surface area contributed by atoms with Crippen molar-refractivity contribution in [1.82, 2.24) is 10.4 Å². The number of hydrogen-bond acceptors (Lipinski definition) is 7. The number of nitrogens with zero attached hydrogens (tertiary/aromatic N) is 1. The van der Waals surface area contributed by atoms with Crippen LogP contribution in [0.1, 0.15) is 38.8 Å². The quantitative estimate of drug-likeness (QED) is 0.568. The first kappa shape index (κ1) is 22.1. The smallest absolute Gasteiger partial charge is 0.408 e. The molecule has 4 atom stereocenters. The van der Waals surface area contributed by atoms with Gasteiger partial charge >= 0.3 is 12.1 Å². The van der Waals surface area contributed by atoms with E-state index in [0.29, 0.717) is 6.54 Å². The fourth-order valence-corrected chi connectivity index (χ4v) is 3.67. The van der Waals surface area contributed by atoms with Crippen LogP contribution in [0.4, 0.5) is 4.79 Å². The molecule has 2 aliphatic rings. The zero-order chi connectivity index (χ0) is 21.9. The Morgan fingerprint density at radius 1 is 1.37 bits per heavy atom. The number of amides is 1. The third-order valence-corrected chi connectivity index (χ3v) is 4.86. The van der Waals surface area contributed by atoms with Crippen LogP contribution < -0.4 is 5.32 Å². The van der Waals surface area contributed by atoms with Crippen molar-refractivity contribution in [3.8, 4) is 11.8 Å². The van der Waals surface area contributed by atoms with Crippen molar-refractivity contribution in [1.29, 1.82) is 0 Å². The molecule has 3 rings (SSSR count). The summed E-state index contributed by atoms with van der Waals surface area (Å²) in [6, 6.07) is 7.02. The number of alkyl carbamates (subject to hydrolysis) is 1. The summed E-state index contributed by atoms with van der Waals surface area (Å²) in [5.41, 5.74) is 1.13. The van der Waals surface area contributed by atoms with Gasteiger partial charge in [0, 0.05) is 5.56 Å². The van der Waals surface area contributed by atoms with Gasteiger partial charge in [0.15, 0.2) is 0 Å². The third-order valence-electron chi connectivity index (χ3n) is 4.86. The molecular formula is C22H28N2O6. The van der Waals surface area contributed by atoms with Crippen LogP contribution >= 0.6 is 0 Å². The second kappa shape index (κ2) is 9.04. The van der Waals surface area contributed by atoms with Gasteiger partial charge in [-0.2, -0.15) is 5.06 Å². The fraction of sp³-hybridized carbons (Fsp3) is 0.545. The second-order valence-corrected chi connectivity index (χ2v) is 8.42. The van der Waals surface area contributed by atoms with Crippen LogP contribution in [-0.4, -0.2) is 59.2 Å². The Balaban J connectivity index is 1.60. The molecule has 0 aliphatic carbocycles. The maximum Gasteiger partial charge on any atom is 0.408 e. The van der Waals surface area contributed by atoms with E-state index in [0.717, 1.165) is 11.1 Å². The minimum Gasteiger partial charge on any atom is -0.461 e. The lowest BCUT2D eigenvalue weighted by molar-refractivity contribution is -0.195. The highest BCUT2D eigenvalue weighted by molar-refractivity contribution is 5.79. The summed E-state index contributed by atoms with van der Waals surface area (Å²) < 4.78 is 10.5. The van der Waals surface area contributed by atoms with Crippen molar-refractivity contribution in [3.05, 3.63) is 35.4 Å². The number of cyclic esters (lactones) is 1. The summed E-state index contributed by atoms with van der Waals surface area (Å²) in [5, 5.41) is 13.8. The molecule has 1 aromatic carbocycles. The van der Waals surface area contributed by atoms with Gasteiger partial charge < -0.3 is 19.9 Å². The monoisotopic (exact) mass is 416 g/mol. The zero-order valence-electron chi connectivity index (χ0n) is 17.7. The van der Waals surface area contributed by atoms with Crippen molar-refractivity contribution >= 4 is 12.1 Å². The minimum absolute atomic E-state index is 0.167. The molecule has 2 heterocycles. The van der Waals surface area contributed by atoms with Crippen molar-refractivity contribution in [2.45, 2.75) is 58.1 Å². The molecule has 2 saturated heterocycles. The molecule has 2 aliphatic heterocycles. The normalized spacial score (nSPS) is 25.8. The molecule has 1 aromatic rings. The molecule has 0 bridgehead atoms. The first-order valence-electron chi connectivity index (χ1n) is 9.97. The Morgan fingerprint density at radius 2 is 2.13 bits per heavy atom. The van der Waals surface area contributed by atoms with Gasteiger partial charge in [-0.3, -0.25) is 9.63 Å². The Labute approximate surface area is 176 Å². The number of aliphatic hydroxyl groups excluding tert-OH is 1. The number of hydroxylamine groups is 2. The third kappa shape index (κ3) is 5.30. The standard InChI is InChI=1S/C22H28N2O6/c1-14-18-17(13-25)30-24(19(18)20(26)28-14)12-16-8-5-7-15(11-16)9-6-10-23-21(27)29-22(2,3)4/h5,7-8,11,14,17-19,25H,10,12-13H2,1-4H3,(H,23,27)/t14-,17-,18+,19-/m1/s1. The Hall–Kier alpha value is -2.60. The van der Waals surface area contributed by atoms with E-state index in [1.54, 1.807) is 25.8 Å². The van der Waals surface area contributed by atoms with Gasteiger partial charge in [-0.25, -0.2) is 4.79 Å². The van der Waals surface area contributed by atoms with Crippen molar-refractivity contribution in [2.24, 2.45) is 5.92 Å². The van der Waals surface area contributed by atoms with Gasteiger partial charge in [-0.1, -0.05) is 24.0 Å². The molecule has 0 spiro atoms. The number of carbonyl (C=O) groups excluding carboxylic acids is 2. The largest absolute Gasteiger partial charge is 0.461 e. The van der Waals surface area contributed by atoms with E-state index < -0.39 is 23.8 Å². The van der Waals surface area contributed by atoms with Gasteiger partial charge in [-0.05, 0) is 45.4 Å². The van der Waals surface area contributed by atoms with Crippen LogP contribution in [0.25, 0.3) is 0 Å². The number of fused-ring (bicyclic) bond motifs is 1. The van der Waals surface area contributed by atoms with Crippen LogP contribution in [0.5, 0.6) is 0 Å². The maximum atomic E-state index is 12.2. The molecule has 2 fully saturated rings. The molecule has 30 heavy (non-hydrogen) atoms. The first-order chi connectivity index (χ1) is 14.2. The van der Waals surface area contributed by atoms with Crippen molar-refractivity contribution in [2.75, 3.05) is 13.2 Å². The van der Waals surface area contributed by atoms with Crippen molar-refractivity contribution < 1.29 is 29.0 Å². The molecule has 0 radical (unpaired) electrons. The Bertz CT molecular complexity index is 853. The van der Waals surface area contributed by atoms with E-state index in [1.807, 2.05) is 31.2 Å². The van der Waals surface area contributed by atoms with Gasteiger partial charge in [0.2, 0.25) is 0 Å². The van der Waals surface area contributed by atoms with Crippen LogP contribution in [0.3, 0.4) is 0 Å². The first-order valence-corrected chi connectivity index (χ1v) is 9.97. The van der Waals surface area contributed by atoms with Crippen molar-refractivity contribution in [3.63, 3.8) is 0 Å². The highest BCUT2D eigenvalue weighted by Gasteiger charge is 2.56. The van der Waals surface area contributed by atoms with E-state index >= 15 is 0 Å². The summed E-state index contributed by atoms with van der Waals surface area (Å²) in [7, 11) is 0. The average Bonchev–Trinajstić information content (AvgIpc) is 3.16. The number of aliphatic hydroxyl groups is 1. The fourth-order valence-electron chi connectivity index (χ4n) is 3.67. The van der Waals surface area contributed by atoms with E-state index in [2.05, 4.69) is 17.2 Å². The molecule has 0 unspecified atom stereocenters. The SMILES string of the molecule is C[C@H]1OC(=O)[C@H]2[C@@H]1[C@@H](CO)ON2Cc1cccc(C#CCNC(=O)OC(C)(C)C)c1. The summed E-state index contributed by atoms with van der Waals surface area (Å²) in [6.45, 7) is 7.57. The lowest BCUT2D eigenvalue weighted by Gasteiger charge is -2.20. The van der Waals surface area contributed by atoms with Gasteiger partial charge in [-0.15, -0.1) is 0 Å². The lowest BCUT2D eigenvalue weighted by atomic mass is 9.93. The summed E-state index contributed by atoms with van der Waals surface area (Å²) in [5.74, 6) is 5.37. The number of carbonyl (C=O) groups is 2. The second-order valence-electron chi connectivity index (χ2n) is 8.42. The topological polar surface area (TPSA) is 97.3 Å². The molecule has 1 amide bonds. The number of rotatable bonds is 4. The predicted octanol–water partition coefficient (Wildman–Crippen LogP) is 1.60. The van der Waals surface area contributed by atoms with Gasteiger partial charge in [0.25, 0.3) is 0 Å². The summed E-state index contributed by atoms with van der Waals surface area (Å²) in [6.07, 6.45) is -1.26. The van der Waals surface area contributed by atoms with Gasteiger partial charge in [0.05, 0.1) is 25.6 Å². The molecule has 2 N–H and O–H groups in total. The molecule has 8 nitrogen and oxygen atoms in total. The van der Waals surface area contributed by atoms with E-state index in [9.17, 15) is 14.7 Å². The molecule has 0 saturated carbocycles. The molecule has 0 aromatic heterocycles. The molecule has 162 valence electrons. The van der Waals surface area contributed by atoms with Crippen LogP contribution in [0.15, 0.2) is 24.3 Å². The highest BCUT2D eigenvalue weighted by Crippen LogP contribution is 2.38. The van der Waals surface area contributed by atoms with Crippen LogP contribution in [0, 0.1) is 17.8 Å². The van der Waals surface area contributed by atoms with Crippen LogP contribution in [0.2, 0.25) is 0 Å². The van der Waals surface area contributed by atoms with E-state index in [-0.39, 0.29) is 31.1 Å². The number of esters is 1. The molecular weight excluding hydrogens is 388 g/mol. The number of nitrogens with one attached hydrogen (secondary N) is 1. The maximum absolute atomic E-state index is 12.2. The number of hydrogen-bond donors (Lipinski definition) is 2. The average molecular weight is 416 g/mol. The number of ether oxygens (including phenoxy) is 2.